The Morgan fingerprint density at radius 3 is 2.88 bits per heavy atom. The number of hydrogen-bond acceptors (Lipinski definition) is 4. The zero-order chi connectivity index (χ0) is 11.5. The molecule has 1 heterocycles. The van der Waals surface area contributed by atoms with Crippen molar-refractivity contribution < 1.29 is 9.32 Å². The number of nitrogens with zero attached hydrogens (tertiary/aromatic N) is 1. The number of aromatic nitrogens is 1. The molecule has 0 aliphatic heterocycles. The van der Waals surface area contributed by atoms with E-state index in [1.54, 1.807) is 18.2 Å². The molecule has 0 bridgehead atoms. The summed E-state index contributed by atoms with van der Waals surface area (Å²) in [5.41, 5.74) is 7.63. The quantitative estimate of drug-likeness (QED) is 0.752. The normalized spacial score (nSPS) is 10.1. The Bertz CT molecular complexity index is 506. The van der Waals surface area contributed by atoms with Crippen molar-refractivity contribution in [3.8, 4) is 0 Å². The van der Waals surface area contributed by atoms with E-state index in [2.05, 4.69) is 15.0 Å². The van der Waals surface area contributed by atoms with Gasteiger partial charge in [0.25, 0.3) is 5.91 Å². The molecular formula is C11H11N3O2. The highest BCUT2D eigenvalue weighted by Gasteiger charge is 2.10. The molecule has 0 unspecified atom stereocenters. The first kappa shape index (κ1) is 10.2. The molecule has 3 N–H and O–H groups in total. The van der Waals surface area contributed by atoms with E-state index < -0.39 is 0 Å². The number of nitrogen functional groups attached to an aromatic ring is 1. The topological polar surface area (TPSA) is 81.2 Å². The van der Waals surface area contributed by atoms with Crippen LogP contribution in [0.25, 0.3) is 0 Å². The van der Waals surface area contributed by atoms with Gasteiger partial charge in [-0.1, -0.05) is 11.2 Å². The minimum Gasteiger partial charge on any atom is -0.398 e. The number of hydrogen-bond donors (Lipinski definition) is 2. The highest BCUT2D eigenvalue weighted by molar-refractivity contribution is 6.07. The highest BCUT2D eigenvalue weighted by Crippen LogP contribution is 2.15. The maximum absolute atomic E-state index is 11.8. The van der Waals surface area contributed by atoms with Crippen LogP contribution in [0.3, 0.4) is 0 Å². The summed E-state index contributed by atoms with van der Waals surface area (Å²) in [5.74, 6) is 0.0661. The number of amides is 1. The lowest BCUT2D eigenvalue weighted by Crippen LogP contribution is -2.14. The number of nitrogens with two attached hydrogens (primary N) is 1. The highest BCUT2D eigenvalue weighted by atomic mass is 16.5. The third-order valence-corrected chi connectivity index (χ3v) is 2.13. The van der Waals surface area contributed by atoms with Crippen molar-refractivity contribution in [1.29, 1.82) is 0 Å². The Kier molecular flexibility index (Phi) is 2.59. The van der Waals surface area contributed by atoms with Crippen molar-refractivity contribution in [2.45, 2.75) is 6.92 Å². The lowest BCUT2D eigenvalue weighted by atomic mass is 10.1. The van der Waals surface area contributed by atoms with Crippen LogP contribution < -0.4 is 11.1 Å². The van der Waals surface area contributed by atoms with Gasteiger partial charge in [0.15, 0.2) is 5.82 Å². The number of aryl methyl sites for hydroxylation is 1. The molecule has 0 saturated heterocycles. The number of rotatable bonds is 2. The summed E-state index contributed by atoms with van der Waals surface area (Å²) in [6.07, 6.45) is 1.38. The monoisotopic (exact) mass is 217 g/mol. The summed E-state index contributed by atoms with van der Waals surface area (Å²) in [4.78, 5) is 11.8. The lowest BCUT2D eigenvalue weighted by molar-refractivity contribution is 0.102. The maximum atomic E-state index is 11.8. The van der Waals surface area contributed by atoms with E-state index in [-0.39, 0.29) is 5.91 Å². The second-order valence-electron chi connectivity index (χ2n) is 3.43. The molecule has 1 amide bonds. The van der Waals surface area contributed by atoms with Gasteiger partial charge in [-0.3, -0.25) is 4.79 Å². The molecule has 0 radical (unpaired) electrons. The summed E-state index contributed by atoms with van der Waals surface area (Å²) in [6, 6.07) is 6.81. The van der Waals surface area contributed by atoms with Crippen LogP contribution in [-0.4, -0.2) is 11.1 Å². The van der Waals surface area contributed by atoms with Crippen LogP contribution in [0.15, 0.2) is 35.1 Å². The molecule has 5 heteroatoms. The molecule has 0 aliphatic rings. The zero-order valence-corrected chi connectivity index (χ0v) is 8.73. The van der Waals surface area contributed by atoms with Gasteiger partial charge in [0.05, 0.1) is 5.56 Å². The summed E-state index contributed by atoms with van der Waals surface area (Å²) >= 11 is 0. The van der Waals surface area contributed by atoms with E-state index in [1.807, 2.05) is 13.0 Å². The second-order valence-corrected chi connectivity index (χ2v) is 3.43. The average molecular weight is 217 g/mol. The molecule has 1 aromatic carbocycles. The SMILES string of the molecule is Cc1ccc(C(=O)Nc2ccon2)c(N)c1. The largest absolute Gasteiger partial charge is 0.398 e. The molecule has 82 valence electrons. The fraction of sp³-hybridized carbons (Fsp3) is 0.0909. The third-order valence-electron chi connectivity index (χ3n) is 2.13. The van der Waals surface area contributed by atoms with Gasteiger partial charge in [-0.05, 0) is 24.6 Å². The van der Waals surface area contributed by atoms with Crippen molar-refractivity contribution in [2.24, 2.45) is 0 Å². The van der Waals surface area contributed by atoms with E-state index in [4.69, 9.17) is 5.73 Å². The first-order chi connectivity index (χ1) is 7.66. The second kappa shape index (κ2) is 4.06. The van der Waals surface area contributed by atoms with E-state index >= 15 is 0 Å². The molecule has 2 rings (SSSR count). The fourth-order valence-corrected chi connectivity index (χ4v) is 1.35. The number of nitrogens with one attached hydrogen (secondary N) is 1. The molecule has 2 aromatic rings. The Labute approximate surface area is 92.2 Å². The number of carbonyl (C=O) groups excluding carboxylic acids is 1. The molecule has 0 atom stereocenters. The van der Waals surface area contributed by atoms with Gasteiger partial charge in [-0.15, -0.1) is 0 Å². The number of benzene rings is 1. The van der Waals surface area contributed by atoms with E-state index in [0.29, 0.717) is 17.1 Å². The maximum Gasteiger partial charge on any atom is 0.258 e. The van der Waals surface area contributed by atoms with Crippen molar-refractivity contribution in [1.82, 2.24) is 5.16 Å². The molecule has 16 heavy (non-hydrogen) atoms. The van der Waals surface area contributed by atoms with E-state index in [0.717, 1.165) is 5.56 Å². The Morgan fingerprint density at radius 1 is 1.44 bits per heavy atom. The van der Waals surface area contributed by atoms with Gasteiger partial charge in [-0.25, -0.2) is 0 Å². The molecular weight excluding hydrogens is 206 g/mol. The molecule has 5 nitrogen and oxygen atoms in total. The molecule has 0 spiro atoms. The zero-order valence-electron chi connectivity index (χ0n) is 8.73. The van der Waals surface area contributed by atoms with Crippen molar-refractivity contribution in [3.05, 3.63) is 41.7 Å². The fourth-order valence-electron chi connectivity index (χ4n) is 1.35. The van der Waals surface area contributed by atoms with Gasteiger partial charge in [0.1, 0.15) is 6.26 Å². The Morgan fingerprint density at radius 2 is 2.25 bits per heavy atom. The van der Waals surface area contributed by atoms with E-state index in [1.165, 1.54) is 6.26 Å². The van der Waals surface area contributed by atoms with E-state index in [9.17, 15) is 4.79 Å². The van der Waals surface area contributed by atoms with Gasteiger partial charge < -0.3 is 15.6 Å². The van der Waals surface area contributed by atoms with Crippen LogP contribution in [0, 0.1) is 6.92 Å². The first-order valence-electron chi connectivity index (χ1n) is 4.74. The Hall–Kier alpha value is -2.30. The molecule has 0 fully saturated rings. The van der Waals surface area contributed by atoms with Crippen LogP contribution >= 0.6 is 0 Å². The minimum atomic E-state index is -0.300. The number of anilines is 2. The predicted molar refractivity (Wildman–Crippen MR) is 60.0 cm³/mol. The summed E-state index contributed by atoms with van der Waals surface area (Å²) in [6.45, 7) is 1.91. The molecule has 1 aromatic heterocycles. The van der Waals surface area contributed by atoms with Gasteiger partial charge in [0.2, 0.25) is 0 Å². The number of carbonyl (C=O) groups is 1. The van der Waals surface area contributed by atoms with Crippen LogP contribution in [0.4, 0.5) is 11.5 Å². The van der Waals surface area contributed by atoms with Crippen LogP contribution in [0.1, 0.15) is 15.9 Å². The van der Waals surface area contributed by atoms with Crippen molar-refractivity contribution in [2.75, 3.05) is 11.1 Å². The van der Waals surface area contributed by atoms with Crippen molar-refractivity contribution >= 4 is 17.4 Å². The standard InChI is InChI=1S/C11H11N3O2/c1-7-2-3-8(9(12)6-7)11(15)13-10-4-5-16-14-10/h2-6H,12H2,1H3,(H,13,14,15). The van der Waals surface area contributed by atoms with Gasteiger partial charge >= 0.3 is 0 Å². The molecule has 0 saturated carbocycles. The summed E-state index contributed by atoms with van der Waals surface area (Å²) < 4.78 is 4.60. The van der Waals surface area contributed by atoms with Crippen LogP contribution in [-0.2, 0) is 0 Å². The average Bonchev–Trinajstić information content (AvgIpc) is 2.70. The third kappa shape index (κ3) is 2.03. The van der Waals surface area contributed by atoms with Gasteiger partial charge in [-0.2, -0.15) is 0 Å². The minimum absolute atomic E-state index is 0.300. The molecule has 0 aliphatic carbocycles. The predicted octanol–water partition coefficient (Wildman–Crippen LogP) is 1.82. The Balaban J connectivity index is 2.21. The van der Waals surface area contributed by atoms with Crippen molar-refractivity contribution in [3.63, 3.8) is 0 Å². The first-order valence-corrected chi connectivity index (χ1v) is 4.74. The van der Waals surface area contributed by atoms with Crippen LogP contribution in [0.2, 0.25) is 0 Å². The lowest BCUT2D eigenvalue weighted by Gasteiger charge is -2.05. The summed E-state index contributed by atoms with van der Waals surface area (Å²) in [5, 5.41) is 6.16. The smallest absolute Gasteiger partial charge is 0.258 e. The van der Waals surface area contributed by atoms with Gasteiger partial charge in [0, 0.05) is 11.8 Å². The summed E-state index contributed by atoms with van der Waals surface area (Å²) in [7, 11) is 0. The van der Waals surface area contributed by atoms with Crippen LogP contribution in [0.5, 0.6) is 0 Å².